The smallest absolute Gasteiger partial charge is 0.312 e. The minimum atomic E-state index is -0.835. The van der Waals surface area contributed by atoms with Crippen LogP contribution >= 0.6 is 0 Å². The van der Waals surface area contributed by atoms with Crippen LogP contribution < -0.4 is 4.74 Å². The topological polar surface area (TPSA) is 49.8 Å². The summed E-state index contributed by atoms with van der Waals surface area (Å²) in [4.78, 5) is 13.1. The fourth-order valence-electron chi connectivity index (χ4n) is 1.63. The van der Waals surface area contributed by atoms with Gasteiger partial charge in [-0.1, -0.05) is 18.2 Å². The van der Waals surface area contributed by atoms with Crippen LogP contribution in [0.3, 0.4) is 0 Å². The molecule has 4 heteroatoms. The van der Waals surface area contributed by atoms with Crippen molar-refractivity contribution in [3.8, 4) is 5.75 Å². The molecule has 0 spiro atoms. The average Bonchev–Trinajstić information content (AvgIpc) is 2.25. The molecule has 0 saturated carbocycles. The van der Waals surface area contributed by atoms with Crippen LogP contribution in [-0.2, 0) is 4.79 Å². The third-order valence-corrected chi connectivity index (χ3v) is 2.36. The van der Waals surface area contributed by atoms with Gasteiger partial charge in [-0.15, -0.1) is 0 Å². The molecule has 1 aromatic rings. The van der Waals surface area contributed by atoms with E-state index in [0.29, 0.717) is 17.9 Å². The van der Waals surface area contributed by atoms with Gasteiger partial charge in [0.05, 0.1) is 13.0 Å². The Hall–Kier alpha value is -1.55. The Morgan fingerprint density at radius 2 is 2.06 bits per heavy atom. The molecular formula is C12H17NO3. The predicted molar refractivity (Wildman–Crippen MR) is 61.9 cm³/mol. The van der Waals surface area contributed by atoms with Crippen molar-refractivity contribution in [2.24, 2.45) is 0 Å². The molecule has 0 radical (unpaired) electrons. The minimum absolute atomic E-state index is 0.454. The van der Waals surface area contributed by atoms with Crippen molar-refractivity contribution in [2.45, 2.75) is 5.92 Å². The van der Waals surface area contributed by atoms with Crippen molar-refractivity contribution >= 4 is 5.97 Å². The molecule has 0 fully saturated rings. The van der Waals surface area contributed by atoms with Crippen molar-refractivity contribution < 1.29 is 14.6 Å². The molecule has 1 unspecified atom stereocenters. The molecule has 1 atom stereocenters. The number of carbonyl (C=O) groups is 1. The largest absolute Gasteiger partial charge is 0.496 e. The molecule has 0 aliphatic heterocycles. The lowest BCUT2D eigenvalue weighted by atomic mass is 9.98. The molecule has 16 heavy (non-hydrogen) atoms. The maximum Gasteiger partial charge on any atom is 0.312 e. The molecule has 0 saturated heterocycles. The summed E-state index contributed by atoms with van der Waals surface area (Å²) in [5, 5.41) is 9.21. The average molecular weight is 223 g/mol. The van der Waals surface area contributed by atoms with E-state index >= 15 is 0 Å². The molecule has 0 amide bonds. The quantitative estimate of drug-likeness (QED) is 0.820. The first-order chi connectivity index (χ1) is 7.56. The summed E-state index contributed by atoms with van der Waals surface area (Å²) in [6.45, 7) is 0.454. The van der Waals surface area contributed by atoms with Crippen LogP contribution in [0.15, 0.2) is 24.3 Å². The van der Waals surface area contributed by atoms with Crippen molar-refractivity contribution in [3.63, 3.8) is 0 Å². The van der Waals surface area contributed by atoms with Crippen LogP contribution in [0, 0.1) is 0 Å². The first-order valence-corrected chi connectivity index (χ1v) is 5.06. The van der Waals surface area contributed by atoms with Gasteiger partial charge in [0.1, 0.15) is 5.75 Å². The summed E-state index contributed by atoms with van der Waals surface area (Å²) in [5.41, 5.74) is 0.714. The summed E-state index contributed by atoms with van der Waals surface area (Å²) < 4.78 is 5.18. The van der Waals surface area contributed by atoms with Gasteiger partial charge in [-0.2, -0.15) is 0 Å². The van der Waals surface area contributed by atoms with Crippen LogP contribution in [0.1, 0.15) is 11.5 Å². The van der Waals surface area contributed by atoms with E-state index in [-0.39, 0.29) is 0 Å². The second-order valence-corrected chi connectivity index (χ2v) is 3.90. The molecule has 0 bridgehead atoms. The van der Waals surface area contributed by atoms with Crippen molar-refractivity contribution in [2.75, 3.05) is 27.7 Å². The third-order valence-electron chi connectivity index (χ3n) is 2.36. The first-order valence-electron chi connectivity index (χ1n) is 5.06. The maximum atomic E-state index is 11.2. The Bertz CT molecular complexity index is 363. The highest BCUT2D eigenvalue weighted by Crippen LogP contribution is 2.26. The van der Waals surface area contributed by atoms with E-state index in [9.17, 15) is 9.90 Å². The van der Waals surface area contributed by atoms with E-state index in [4.69, 9.17) is 4.74 Å². The number of methoxy groups -OCH3 is 1. The van der Waals surface area contributed by atoms with E-state index < -0.39 is 11.9 Å². The monoisotopic (exact) mass is 223 g/mol. The Labute approximate surface area is 95.5 Å². The number of likely N-dealkylation sites (N-methyl/N-ethyl adjacent to an activating group) is 1. The van der Waals surface area contributed by atoms with Gasteiger partial charge in [0.2, 0.25) is 0 Å². The number of carboxylic acids is 1. The molecule has 88 valence electrons. The number of carboxylic acid groups (broad SMARTS) is 1. The molecule has 1 rings (SSSR count). The SMILES string of the molecule is COc1ccccc1C(CN(C)C)C(=O)O. The molecule has 0 heterocycles. The minimum Gasteiger partial charge on any atom is -0.496 e. The standard InChI is InChI=1S/C12H17NO3/c1-13(2)8-10(12(14)15)9-6-4-5-7-11(9)16-3/h4-7,10H,8H2,1-3H3,(H,14,15). The van der Waals surface area contributed by atoms with Crippen LogP contribution in [0.4, 0.5) is 0 Å². The second kappa shape index (κ2) is 5.51. The number of ether oxygens (including phenoxy) is 1. The zero-order valence-corrected chi connectivity index (χ0v) is 9.80. The van der Waals surface area contributed by atoms with Gasteiger partial charge in [-0.3, -0.25) is 4.79 Å². The summed E-state index contributed by atoms with van der Waals surface area (Å²) in [6, 6.07) is 7.22. The van der Waals surface area contributed by atoms with E-state index in [2.05, 4.69) is 0 Å². The predicted octanol–water partition coefficient (Wildman–Crippen LogP) is 1.43. The number of hydrogen-bond acceptors (Lipinski definition) is 3. The second-order valence-electron chi connectivity index (χ2n) is 3.90. The normalized spacial score (nSPS) is 12.5. The highest BCUT2D eigenvalue weighted by molar-refractivity contribution is 5.77. The number of hydrogen-bond donors (Lipinski definition) is 1. The maximum absolute atomic E-state index is 11.2. The lowest BCUT2D eigenvalue weighted by molar-refractivity contribution is -0.139. The Kier molecular flexibility index (Phi) is 4.31. The van der Waals surface area contributed by atoms with E-state index in [1.807, 2.05) is 31.1 Å². The van der Waals surface area contributed by atoms with Gasteiger partial charge in [-0.05, 0) is 20.2 Å². The number of para-hydroxylation sites is 1. The third kappa shape index (κ3) is 2.97. The molecule has 0 aromatic heterocycles. The highest BCUT2D eigenvalue weighted by atomic mass is 16.5. The van der Waals surface area contributed by atoms with Crippen LogP contribution in [0.5, 0.6) is 5.75 Å². The van der Waals surface area contributed by atoms with E-state index in [1.54, 1.807) is 19.2 Å². The summed E-state index contributed by atoms with van der Waals surface area (Å²) in [6.07, 6.45) is 0. The van der Waals surface area contributed by atoms with Crippen LogP contribution in [0.25, 0.3) is 0 Å². The number of benzene rings is 1. The highest BCUT2D eigenvalue weighted by Gasteiger charge is 2.23. The van der Waals surface area contributed by atoms with Gasteiger partial charge in [0, 0.05) is 12.1 Å². The fraction of sp³-hybridized carbons (Fsp3) is 0.417. The Morgan fingerprint density at radius 3 is 2.56 bits per heavy atom. The lowest BCUT2D eigenvalue weighted by Gasteiger charge is -2.19. The van der Waals surface area contributed by atoms with Crippen LogP contribution in [0.2, 0.25) is 0 Å². The lowest BCUT2D eigenvalue weighted by Crippen LogP contribution is -2.26. The van der Waals surface area contributed by atoms with Crippen LogP contribution in [-0.4, -0.2) is 43.7 Å². The summed E-state index contributed by atoms with van der Waals surface area (Å²) in [7, 11) is 5.25. The van der Waals surface area contributed by atoms with Crippen molar-refractivity contribution in [3.05, 3.63) is 29.8 Å². The van der Waals surface area contributed by atoms with E-state index in [0.717, 1.165) is 0 Å². The Morgan fingerprint density at radius 1 is 1.44 bits per heavy atom. The number of nitrogens with zero attached hydrogens (tertiary/aromatic N) is 1. The van der Waals surface area contributed by atoms with Crippen molar-refractivity contribution in [1.29, 1.82) is 0 Å². The molecule has 4 nitrogen and oxygen atoms in total. The van der Waals surface area contributed by atoms with Crippen molar-refractivity contribution in [1.82, 2.24) is 4.90 Å². The molecule has 0 aliphatic rings. The fourth-order valence-corrected chi connectivity index (χ4v) is 1.63. The van der Waals surface area contributed by atoms with Gasteiger partial charge in [-0.25, -0.2) is 0 Å². The zero-order chi connectivity index (χ0) is 12.1. The number of rotatable bonds is 5. The molecule has 1 N–H and O–H groups in total. The zero-order valence-electron chi connectivity index (χ0n) is 9.80. The molecule has 0 aliphatic carbocycles. The van der Waals surface area contributed by atoms with Gasteiger partial charge >= 0.3 is 5.97 Å². The summed E-state index contributed by atoms with van der Waals surface area (Å²) in [5.74, 6) is -0.777. The Balaban J connectivity index is 3.05. The van der Waals surface area contributed by atoms with Gasteiger partial charge in [0.25, 0.3) is 0 Å². The van der Waals surface area contributed by atoms with E-state index in [1.165, 1.54) is 0 Å². The summed E-state index contributed by atoms with van der Waals surface area (Å²) >= 11 is 0. The number of aliphatic carboxylic acids is 1. The van der Waals surface area contributed by atoms with Gasteiger partial charge < -0.3 is 14.7 Å². The molecule has 1 aromatic carbocycles. The van der Waals surface area contributed by atoms with Gasteiger partial charge in [0.15, 0.2) is 0 Å². The molecular weight excluding hydrogens is 206 g/mol. The first kappa shape index (κ1) is 12.5.